The van der Waals surface area contributed by atoms with Crippen LogP contribution in [0.15, 0.2) is 60.7 Å². The van der Waals surface area contributed by atoms with Gasteiger partial charge >= 0.3 is 0 Å². The number of aryl methyl sites for hydroxylation is 1. The molecule has 0 aliphatic rings. The van der Waals surface area contributed by atoms with Crippen molar-refractivity contribution >= 4 is 22.4 Å². The lowest BCUT2D eigenvalue weighted by atomic mass is 9.99. The van der Waals surface area contributed by atoms with Crippen molar-refractivity contribution in [3.8, 4) is 5.75 Å². The summed E-state index contributed by atoms with van der Waals surface area (Å²) in [6, 6.07) is 18.9. The van der Waals surface area contributed by atoms with Crippen LogP contribution in [0.4, 0.5) is 5.69 Å². The van der Waals surface area contributed by atoms with Gasteiger partial charge in [-0.2, -0.15) is 0 Å². The molecule has 3 aromatic carbocycles. The minimum atomic E-state index is -0.206. The molecule has 128 valence electrons. The van der Waals surface area contributed by atoms with Gasteiger partial charge in [0, 0.05) is 10.9 Å². The summed E-state index contributed by atoms with van der Waals surface area (Å²) < 4.78 is 0. The van der Waals surface area contributed by atoms with Gasteiger partial charge in [-0.3, -0.25) is 4.79 Å². The summed E-state index contributed by atoms with van der Waals surface area (Å²) in [4.78, 5) is 12.6. The van der Waals surface area contributed by atoms with E-state index in [-0.39, 0.29) is 11.7 Å². The predicted molar refractivity (Wildman–Crippen MR) is 103 cm³/mol. The quantitative estimate of drug-likeness (QED) is 0.460. The molecule has 2 N–H and O–H groups in total. The van der Waals surface area contributed by atoms with Crippen molar-refractivity contribution in [1.82, 2.24) is 0 Å². The van der Waals surface area contributed by atoms with E-state index < -0.39 is 0 Å². The van der Waals surface area contributed by atoms with Gasteiger partial charge in [0.2, 0.25) is 0 Å². The summed E-state index contributed by atoms with van der Waals surface area (Å²) in [5.41, 5.74) is 2.09. The number of amides is 1. The molecular weight excluding hydrogens is 310 g/mol. The Balaban J connectivity index is 1.99. The number of phenols is 1. The van der Waals surface area contributed by atoms with Gasteiger partial charge in [0.05, 0.1) is 5.69 Å². The molecule has 0 aromatic heterocycles. The largest absolute Gasteiger partial charge is 0.505 e. The number of hydrogen-bond acceptors (Lipinski definition) is 2. The molecule has 0 heterocycles. The lowest BCUT2D eigenvalue weighted by Gasteiger charge is -2.15. The zero-order valence-corrected chi connectivity index (χ0v) is 14.5. The van der Waals surface area contributed by atoms with Gasteiger partial charge in [-0.05, 0) is 42.0 Å². The van der Waals surface area contributed by atoms with Crippen LogP contribution in [0.2, 0.25) is 0 Å². The van der Waals surface area contributed by atoms with Crippen molar-refractivity contribution in [2.75, 3.05) is 5.32 Å². The summed E-state index contributed by atoms with van der Waals surface area (Å²) >= 11 is 0. The first-order valence-corrected chi connectivity index (χ1v) is 8.80. The number of carbonyl (C=O) groups excluding carboxylic acids is 1. The van der Waals surface area contributed by atoms with E-state index >= 15 is 0 Å². The highest BCUT2D eigenvalue weighted by Crippen LogP contribution is 2.37. The smallest absolute Gasteiger partial charge is 0.255 e. The molecule has 0 radical (unpaired) electrons. The van der Waals surface area contributed by atoms with Crippen molar-refractivity contribution in [3.63, 3.8) is 0 Å². The van der Waals surface area contributed by atoms with Crippen LogP contribution in [0.5, 0.6) is 5.75 Å². The van der Waals surface area contributed by atoms with E-state index in [1.807, 2.05) is 42.5 Å². The second kappa shape index (κ2) is 7.84. The molecule has 3 aromatic rings. The van der Waals surface area contributed by atoms with Crippen LogP contribution in [-0.2, 0) is 6.42 Å². The highest BCUT2D eigenvalue weighted by atomic mass is 16.3. The number of anilines is 1. The molecule has 0 saturated carbocycles. The van der Waals surface area contributed by atoms with Crippen molar-refractivity contribution in [2.45, 2.75) is 32.6 Å². The Kier molecular flexibility index (Phi) is 5.34. The maximum absolute atomic E-state index is 12.6. The summed E-state index contributed by atoms with van der Waals surface area (Å²) in [5.74, 6) is -0.0585. The Morgan fingerprint density at radius 2 is 1.72 bits per heavy atom. The molecule has 0 bridgehead atoms. The minimum Gasteiger partial charge on any atom is -0.505 e. The molecule has 0 saturated heterocycles. The van der Waals surface area contributed by atoms with Crippen LogP contribution in [-0.4, -0.2) is 11.0 Å². The molecule has 0 aliphatic carbocycles. The first-order chi connectivity index (χ1) is 12.2. The molecule has 1 amide bonds. The number of unbranched alkanes of at least 4 members (excludes halogenated alkanes) is 2. The number of phenolic OH excluding ortho intramolecular Hbond substituents is 1. The van der Waals surface area contributed by atoms with Gasteiger partial charge < -0.3 is 10.4 Å². The second-order valence-electron chi connectivity index (χ2n) is 6.26. The molecule has 0 spiro atoms. The lowest BCUT2D eigenvalue weighted by molar-refractivity contribution is 0.102. The zero-order chi connectivity index (χ0) is 17.6. The molecule has 0 fully saturated rings. The van der Waals surface area contributed by atoms with Gasteiger partial charge in [0.25, 0.3) is 5.91 Å². The third-order valence-corrected chi connectivity index (χ3v) is 4.43. The van der Waals surface area contributed by atoms with Crippen LogP contribution in [0.1, 0.15) is 42.1 Å². The van der Waals surface area contributed by atoms with Crippen molar-refractivity contribution in [2.24, 2.45) is 0 Å². The fraction of sp³-hybridized carbons (Fsp3) is 0.227. The number of aromatic hydroxyl groups is 1. The fourth-order valence-corrected chi connectivity index (χ4v) is 3.06. The third-order valence-electron chi connectivity index (χ3n) is 4.43. The molecule has 3 nitrogen and oxygen atoms in total. The van der Waals surface area contributed by atoms with Crippen molar-refractivity contribution in [3.05, 3.63) is 71.8 Å². The van der Waals surface area contributed by atoms with Crippen LogP contribution in [0.25, 0.3) is 10.8 Å². The minimum absolute atomic E-state index is 0.147. The van der Waals surface area contributed by atoms with Gasteiger partial charge in [0.1, 0.15) is 5.75 Å². The van der Waals surface area contributed by atoms with Gasteiger partial charge in [-0.15, -0.1) is 0 Å². The SMILES string of the molecule is CCCCCc1cc2ccccc2c(O)c1NC(=O)c1ccccc1. The number of fused-ring (bicyclic) bond motifs is 1. The van der Waals surface area contributed by atoms with Gasteiger partial charge in [-0.25, -0.2) is 0 Å². The third kappa shape index (κ3) is 3.82. The Bertz CT molecular complexity index is 872. The van der Waals surface area contributed by atoms with E-state index in [0.717, 1.165) is 42.0 Å². The molecule has 3 rings (SSSR count). The first-order valence-electron chi connectivity index (χ1n) is 8.80. The Morgan fingerprint density at radius 3 is 2.48 bits per heavy atom. The number of benzene rings is 3. The summed E-state index contributed by atoms with van der Waals surface area (Å²) in [6.07, 6.45) is 4.12. The van der Waals surface area contributed by atoms with E-state index in [1.165, 1.54) is 0 Å². The van der Waals surface area contributed by atoms with Crippen LogP contribution >= 0.6 is 0 Å². The number of nitrogens with one attached hydrogen (secondary N) is 1. The highest BCUT2D eigenvalue weighted by Gasteiger charge is 2.16. The highest BCUT2D eigenvalue weighted by molar-refractivity contribution is 6.08. The number of hydrogen-bond donors (Lipinski definition) is 2. The summed E-state index contributed by atoms with van der Waals surface area (Å²) in [6.45, 7) is 2.16. The van der Waals surface area contributed by atoms with E-state index in [2.05, 4.69) is 18.3 Å². The number of rotatable bonds is 6. The Hall–Kier alpha value is -2.81. The summed E-state index contributed by atoms with van der Waals surface area (Å²) in [7, 11) is 0. The van der Waals surface area contributed by atoms with E-state index in [0.29, 0.717) is 11.3 Å². The van der Waals surface area contributed by atoms with Crippen LogP contribution in [0, 0.1) is 0 Å². The number of carbonyl (C=O) groups is 1. The van der Waals surface area contributed by atoms with Crippen LogP contribution in [0.3, 0.4) is 0 Å². The lowest BCUT2D eigenvalue weighted by Crippen LogP contribution is -2.13. The molecule has 0 aliphatic heterocycles. The standard InChI is InChI=1S/C22H23NO2/c1-2-3-5-13-18-15-17-12-8-9-14-19(17)21(24)20(18)23-22(25)16-10-6-4-7-11-16/h4,6-12,14-15,24H,2-3,5,13H2,1H3,(H,23,25). The monoisotopic (exact) mass is 333 g/mol. The van der Waals surface area contributed by atoms with Crippen molar-refractivity contribution in [1.29, 1.82) is 0 Å². The fourth-order valence-electron chi connectivity index (χ4n) is 3.06. The molecule has 0 unspecified atom stereocenters. The van der Waals surface area contributed by atoms with Gasteiger partial charge in [-0.1, -0.05) is 62.2 Å². The predicted octanol–water partition coefficient (Wildman–Crippen LogP) is 5.53. The average Bonchev–Trinajstić information content (AvgIpc) is 2.65. The molecular formula is C22H23NO2. The van der Waals surface area contributed by atoms with E-state index in [1.54, 1.807) is 12.1 Å². The molecule has 0 atom stereocenters. The zero-order valence-electron chi connectivity index (χ0n) is 14.5. The maximum Gasteiger partial charge on any atom is 0.255 e. The van der Waals surface area contributed by atoms with E-state index in [4.69, 9.17) is 0 Å². The van der Waals surface area contributed by atoms with Gasteiger partial charge in [0.15, 0.2) is 0 Å². The Labute approximate surface area is 148 Å². The van der Waals surface area contributed by atoms with E-state index in [9.17, 15) is 9.90 Å². The first kappa shape index (κ1) is 17.0. The molecule has 3 heteroatoms. The second-order valence-corrected chi connectivity index (χ2v) is 6.26. The normalized spacial score (nSPS) is 10.8. The topological polar surface area (TPSA) is 49.3 Å². The maximum atomic E-state index is 12.6. The summed E-state index contributed by atoms with van der Waals surface area (Å²) in [5, 5.41) is 15.4. The van der Waals surface area contributed by atoms with Crippen molar-refractivity contribution < 1.29 is 9.90 Å². The Morgan fingerprint density at radius 1 is 1.00 bits per heavy atom. The molecule has 25 heavy (non-hydrogen) atoms. The van der Waals surface area contributed by atoms with Crippen LogP contribution < -0.4 is 5.32 Å². The average molecular weight is 333 g/mol.